The van der Waals surface area contributed by atoms with Crippen LogP contribution in [0, 0.1) is 5.92 Å². The Morgan fingerprint density at radius 1 is 1.25 bits per heavy atom. The monoisotopic (exact) mass is 275 g/mol. The van der Waals surface area contributed by atoms with Gasteiger partial charge >= 0.3 is 5.97 Å². The summed E-state index contributed by atoms with van der Waals surface area (Å²) in [6.07, 6.45) is 6.54. The molecule has 1 unspecified atom stereocenters. The van der Waals surface area contributed by atoms with Gasteiger partial charge < -0.3 is 10.4 Å². The predicted molar refractivity (Wildman–Crippen MR) is 80.9 cm³/mol. The first-order valence-electron chi connectivity index (χ1n) is 7.69. The molecule has 1 aromatic rings. The summed E-state index contributed by atoms with van der Waals surface area (Å²) in [5, 5.41) is 12.9. The minimum atomic E-state index is -0.750. The molecule has 2 N–H and O–H groups in total. The minimum Gasteiger partial charge on any atom is -0.481 e. The Morgan fingerprint density at radius 3 is 2.50 bits per heavy atom. The highest BCUT2D eigenvalue weighted by atomic mass is 16.4. The molecule has 1 saturated carbocycles. The number of carboxylic acids is 1. The third-order valence-corrected chi connectivity index (χ3v) is 4.50. The minimum absolute atomic E-state index is 0.404. The lowest BCUT2D eigenvalue weighted by Crippen LogP contribution is -2.38. The number of hydrogen-bond donors (Lipinski definition) is 2. The highest BCUT2D eigenvalue weighted by Crippen LogP contribution is 2.26. The van der Waals surface area contributed by atoms with Crippen molar-refractivity contribution in [1.82, 2.24) is 5.32 Å². The van der Waals surface area contributed by atoms with Crippen molar-refractivity contribution < 1.29 is 9.90 Å². The van der Waals surface area contributed by atoms with Gasteiger partial charge in [0.2, 0.25) is 0 Å². The quantitative estimate of drug-likeness (QED) is 0.836. The summed E-state index contributed by atoms with van der Waals surface area (Å²) in [7, 11) is 0. The number of carboxylic acid groups (broad SMARTS) is 1. The SMILES string of the molecule is C[C@@H](NCC(C(=O)O)c1ccccc1)C1CCCCC1. The summed E-state index contributed by atoms with van der Waals surface area (Å²) in [6, 6.07) is 9.91. The highest BCUT2D eigenvalue weighted by molar-refractivity contribution is 5.76. The zero-order chi connectivity index (χ0) is 14.4. The average molecular weight is 275 g/mol. The molecule has 2 atom stereocenters. The molecular weight excluding hydrogens is 250 g/mol. The Morgan fingerprint density at radius 2 is 1.90 bits per heavy atom. The van der Waals surface area contributed by atoms with Gasteiger partial charge in [-0.25, -0.2) is 0 Å². The van der Waals surface area contributed by atoms with Crippen LogP contribution < -0.4 is 5.32 Å². The normalized spacial score (nSPS) is 19.4. The number of rotatable bonds is 6. The van der Waals surface area contributed by atoms with Crippen LogP contribution in [-0.4, -0.2) is 23.7 Å². The van der Waals surface area contributed by atoms with Crippen LogP contribution >= 0.6 is 0 Å². The van der Waals surface area contributed by atoms with Crippen molar-refractivity contribution in [1.29, 1.82) is 0 Å². The number of nitrogens with one attached hydrogen (secondary N) is 1. The summed E-state index contributed by atoms with van der Waals surface area (Å²) in [5.74, 6) is -0.504. The van der Waals surface area contributed by atoms with E-state index in [1.807, 2.05) is 30.3 Å². The van der Waals surface area contributed by atoms with Gasteiger partial charge in [0.1, 0.15) is 0 Å². The molecule has 0 amide bonds. The van der Waals surface area contributed by atoms with Crippen LogP contribution in [0.4, 0.5) is 0 Å². The topological polar surface area (TPSA) is 49.3 Å². The molecule has 0 aliphatic heterocycles. The van der Waals surface area contributed by atoms with E-state index in [1.165, 1.54) is 32.1 Å². The smallest absolute Gasteiger partial charge is 0.312 e. The van der Waals surface area contributed by atoms with Gasteiger partial charge in [-0.15, -0.1) is 0 Å². The van der Waals surface area contributed by atoms with E-state index in [4.69, 9.17) is 0 Å². The second-order valence-electron chi connectivity index (χ2n) is 5.90. The van der Waals surface area contributed by atoms with Gasteiger partial charge in [-0.05, 0) is 31.2 Å². The molecule has 3 heteroatoms. The summed E-state index contributed by atoms with van der Waals surface area (Å²) in [5.41, 5.74) is 0.878. The molecule has 2 rings (SSSR count). The zero-order valence-electron chi connectivity index (χ0n) is 12.2. The van der Waals surface area contributed by atoms with Crippen molar-refractivity contribution in [2.24, 2.45) is 5.92 Å². The fourth-order valence-electron chi connectivity index (χ4n) is 3.14. The van der Waals surface area contributed by atoms with Crippen molar-refractivity contribution in [3.05, 3.63) is 35.9 Å². The van der Waals surface area contributed by atoms with Gasteiger partial charge in [-0.3, -0.25) is 4.79 Å². The number of hydrogen-bond acceptors (Lipinski definition) is 2. The van der Waals surface area contributed by atoms with Gasteiger partial charge in [-0.1, -0.05) is 49.6 Å². The Labute approximate surface area is 121 Å². The summed E-state index contributed by atoms with van der Waals surface area (Å²) in [6.45, 7) is 2.71. The summed E-state index contributed by atoms with van der Waals surface area (Å²) in [4.78, 5) is 11.4. The van der Waals surface area contributed by atoms with Crippen molar-refractivity contribution in [2.75, 3.05) is 6.54 Å². The molecule has 1 fully saturated rings. The number of carbonyl (C=O) groups is 1. The Balaban J connectivity index is 1.90. The number of benzene rings is 1. The maximum atomic E-state index is 11.4. The molecule has 3 nitrogen and oxygen atoms in total. The molecule has 0 heterocycles. The molecule has 0 saturated heterocycles. The van der Waals surface area contributed by atoms with Crippen LogP contribution in [-0.2, 0) is 4.79 Å². The Bertz CT molecular complexity index is 412. The standard InChI is InChI=1S/C17H25NO2/c1-13(14-8-4-2-5-9-14)18-12-16(17(19)20)15-10-6-3-7-11-15/h3,6-7,10-11,13-14,16,18H,2,4-5,8-9,12H2,1H3,(H,19,20)/t13-,16?/m1/s1. The molecule has 0 aromatic heterocycles. The lowest BCUT2D eigenvalue weighted by Gasteiger charge is -2.29. The first-order chi connectivity index (χ1) is 9.68. The maximum absolute atomic E-state index is 11.4. The van der Waals surface area contributed by atoms with Crippen LogP contribution in [0.5, 0.6) is 0 Å². The Hall–Kier alpha value is -1.35. The van der Waals surface area contributed by atoms with E-state index in [2.05, 4.69) is 12.2 Å². The molecule has 1 aliphatic carbocycles. The van der Waals surface area contributed by atoms with Crippen molar-refractivity contribution >= 4 is 5.97 Å². The first-order valence-corrected chi connectivity index (χ1v) is 7.69. The van der Waals surface area contributed by atoms with E-state index in [0.717, 1.165) is 5.56 Å². The van der Waals surface area contributed by atoms with Crippen molar-refractivity contribution in [2.45, 2.75) is 51.0 Å². The molecule has 110 valence electrons. The summed E-state index contributed by atoms with van der Waals surface area (Å²) >= 11 is 0. The molecular formula is C17H25NO2. The molecule has 1 aliphatic rings. The van der Waals surface area contributed by atoms with Crippen LogP contribution in [0.1, 0.15) is 50.5 Å². The van der Waals surface area contributed by atoms with Gasteiger partial charge in [-0.2, -0.15) is 0 Å². The lowest BCUT2D eigenvalue weighted by atomic mass is 9.84. The van der Waals surface area contributed by atoms with Gasteiger partial charge in [0.25, 0.3) is 0 Å². The molecule has 1 aromatic carbocycles. The first kappa shape index (κ1) is 15.0. The fraction of sp³-hybridized carbons (Fsp3) is 0.588. The highest BCUT2D eigenvalue weighted by Gasteiger charge is 2.23. The third kappa shape index (κ3) is 4.07. The predicted octanol–water partition coefficient (Wildman–Crippen LogP) is 3.41. The third-order valence-electron chi connectivity index (χ3n) is 4.50. The fourth-order valence-corrected chi connectivity index (χ4v) is 3.14. The second kappa shape index (κ2) is 7.44. The van der Waals surface area contributed by atoms with Crippen LogP contribution in [0.25, 0.3) is 0 Å². The van der Waals surface area contributed by atoms with Gasteiger partial charge in [0, 0.05) is 12.6 Å². The zero-order valence-corrected chi connectivity index (χ0v) is 12.2. The van der Waals surface area contributed by atoms with E-state index in [1.54, 1.807) is 0 Å². The van der Waals surface area contributed by atoms with E-state index in [-0.39, 0.29) is 0 Å². The van der Waals surface area contributed by atoms with Crippen LogP contribution in [0.3, 0.4) is 0 Å². The van der Waals surface area contributed by atoms with Gasteiger partial charge in [0.15, 0.2) is 0 Å². The van der Waals surface area contributed by atoms with E-state index < -0.39 is 11.9 Å². The molecule has 0 radical (unpaired) electrons. The van der Waals surface area contributed by atoms with E-state index >= 15 is 0 Å². The van der Waals surface area contributed by atoms with Crippen molar-refractivity contribution in [3.63, 3.8) is 0 Å². The largest absolute Gasteiger partial charge is 0.481 e. The lowest BCUT2D eigenvalue weighted by molar-refractivity contribution is -0.138. The molecule has 0 bridgehead atoms. The maximum Gasteiger partial charge on any atom is 0.312 e. The number of aliphatic carboxylic acids is 1. The van der Waals surface area contributed by atoms with Crippen LogP contribution in [0.2, 0.25) is 0 Å². The summed E-state index contributed by atoms with van der Waals surface area (Å²) < 4.78 is 0. The van der Waals surface area contributed by atoms with Gasteiger partial charge in [0.05, 0.1) is 5.92 Å². The molecule has 20 heavy (non-hydrogen) atoms. The average Bonchev–Trinajstić information content (AvgIpc) is 2.49. The van der Waals surface area contributed by atoms with Crippen molar-refractivity contribution in [3.8, 4) is 0 Å². The van der Waals surface area contributed by atoms with E-state index in [0.29, 0.717) is 18.5 Å². The second-order valence-corrected chi connectivity index (χ2v) is 5.90. The van der Waals surface area contributed by atoms with E-state index in [9.17, 15) is 9.90 Å². The molecule has 0 spiro atoms. The van der Waals surface area contributed by atoms with Crippen LogP contribution in [0.15, 0.2) is 30.3 Å². The Kier molecular flexibility index (Phi) is 5.60.